The molecule has 0 spiro atoms. The zero-order chi connectivity index (χ0) is 21.0. The molecule has 2 aromatic carbocycles. The lowest BCUT2D eigenvalue weighted by atomic mass is 9.92. The molecule has 0 radical (unpaired) electrons. The van der Waals surface area contributed by atoms with Gasteiger partial charge in [0.2, 0.25) is 0 Å². The van der Waals surface area contributed by atoms with Gasteiger partial charge in [-0.15, -0.1) is 0 Å². The number of benzene rings is 2. The molecule has 0 aliphatic carbocycles. The lowest BCUT2D eigenvalue weighted by molar-refractivity contribution is 0.192. The van der Waals surface area contributed by atoms with Crippen LogP contribution in [0.4, 0.5) is 13.6 Å². The van der Waals surface area contributed by atoms with E-state index in [1.807, 2.05) is 13.8 Å². The van der Waals surface area contributed by atoms with Gasteiger partial charge in [-0.2, -0.15) is 5.10 Å². The van der Waals surface area contributed by atoms with E-state index in [1.54, 1.807) is 24.3 Å². The van der Waals surface area contributed by atoms with Crippen molar-refractivity contribution in [3.8, 4) is 0 Å². The summed E-state index contributed by atoms with van der Waals surface area (Å²) in [4.78, 5) is 12.9. The molecule has 154 valence electrons. The number of unbranched alkanes of at least 4 members (excludes halogenated alkanes) is 1. The number of hydrogen-bond acceptors (Lipinski definition) is 2. The van der Waals surface area contributed by atoms with E-state index in [0.29, 0.717) is 6.54 Å². The minimum atomic E-state index is -0.683. The van der Waals surface area contributed by atoms with Gasteiger partial charge in [0.05, 0.1) is 12.1 Å². The number of carbonyl (C=O) groups is 1. The van der Waals surface area contributed by atoms with Crippen molar-refractivity contribution in [3.05, 3.63) is 71.3 Å². The number of urea groups is 1. The first-order valence-electron chi connectivity index (χ1n) is 9.98. The first-order chi connectivity index (χ1) is 13.8. The number of hydrogen-bond donors (Lipinski definition) is 1. The predicted molar refractivity (Wildman–Crippen MR) is 111 cm³/mol. The molecule has 6 heteroatoms. The largest absolute Gasteiger partial charge is 0.338 e. The summed E-state index contributed by atoms with van der Waals surface area (Å²) in [7, 11) is 0. The monoisotopic (exact) mass is 399 g/mol. The van der Waals surface area contributed by atoms with Crippen LogP contribution < -0.4 is 5.32 Å². The molecule has 1 aliphatic heterocycles. The van der Waals surface area contributed by atoms with Crippen LogP contribution in [-0.4, -0.2) is 23.3 Å². The van der Waals surface area contributed by atoms with Crippen LogP contribution >= 0.6 is 0 Å². The molecule has 2 amide bonds. The van der Waals surface area contributed by atoms with E-state index in [1.165, 1.54) is 29.3 Å². The molecule has 0 saturated heterocycles. The van der Waals surface area contributed by atoms with Crippen LogP contribution in [0, 0.1) is 11.6 Å². The van der Waals surface area contributed by atoms with Crippen molar-refractivity contribution in [3.63, 3.8) is 0 Å². The van der Waals surface area contributed by atoms with Crippen molar-refractivity contribution < 1.29 is 13.6 Å². The summed E-state index contributed by atoms with van der Waals surface area (Å²) < 4.78 is 26.5. The Morgan fingerprint density at radius 2 is 1.69 bits per heavy atom. The van der Waals surface area contributed by atoms with Crippen LogP contribution in [0.3, 0.4) is 0 Å². The summed E-state index contributed by atoms with van der Waals surface area (Å²) in [5, 5.41) is 9.02. The minimum absolute atomic E-state index is 0.0400. The Bertz CT molecular complexity index is 876. The predicted octanol–water partition coefficient (Wildman–Crippen LogP) is 5.56. The molecular weight excluding hydrogens is 372 g/mol. The fourth-order valence-corrected chi connectivity index (χ4v) is 3.52. The van der Waals surface area contributed by atoms with Crippen molar-refractivity contribution >= 4 is 11.7 Å². The van der Waals surface area contributed by atoms with Gasteiger partial charge >= 0.3 is 6.03 Å². The second-order valence-corrected chi connectivity index (χ2v) is 7.94. The van der Waals surface area contributed by atoms with Crippen LogP contribution in [0.25, 0.3) is 0 Å². The third kappa shape index (κ3) is 5.00. The molecule has 0 saturated carbocycles. The van der Waals surface area contributed by atoms with Gasteiger partial charge in [0.25, 0.3) is 0 Å². The number of carbonyl (C=O) groups excluding carboxylic acids is 1. The second-order valence-electron chi connectivity index (χ2n) is 7.94. The number of hydrazone groups is 1. The molecule has 29 heavy (non-hydrogen) atoms. The SMILES string of the molecule is CCCCC1=NN(C(=O)NC(C)(C)c2ccc(F)cc2)CC1c1ccc(F)cc1. The van der Waals surface area contributed by atoms with E-state index >= 15 is 0 Å². The first kappa shape index (κ1) is 21.0. The number of amides is 2. The Morgan fingerprint density at radius 1 is 1.10 bits per heavy atom. The van der Waals surface area contributed by atoms with E-state index in [2.05, 4.69) is 17.3 Å². The Balaban J connectivity index is 1.76. The highest BCUT2D eigenvalue weighted by Gasteiger charge is 2.33. The summed E-state index contributed by atoms with van der Waals surface area (Å²) in [6, 6.07) is 12.2. The van der Waals surface area contributed by atoms with Gasteiger partial charge in [-0.25, -0.2) is 18.6 Å². The normalized spacial score (nSPS) is 16.7. The van der Waals surface area contributed by atoms with Gasteiger partial charge in [-0.05, 0) is 62.1 Å². The molecule has 2 aromatic rings. The maximum Gasteiger partial charge on any atom is 0.338 e. The van der Waals surface area contributed by atoms with Crippen molar-refractivity contribution in [1.82, 2.24) is 10.3 Å². The van der Waals surface area contributed by atoms with Gasteiger partial charge in [-0.3, -0.25) is 0 Å². The topological polar surface area (TPSA) is 44.7 Å². The summed E-state index contributed by atoms with van der Waals surface area (Å²) in [6.45, 7) is 6.26. The zero-order valence-corrected chi connectivity index (χ0v) is 17.1. The van der Waals surface area contributed by atoms with Gasteiger partial charge in [0.1, 0.15) is 11.6 Å². The first-order valence-corrected chi connectivity index (χ1v) is 9.98. The van der Waals surface area contributed by atoms with Crippen molar-refractivity contribution in [1.29, 1.82) is 0 Å². The molecular formula is C23H27F2N3O. The summed E-state index contributed by atoms with van der Waals surface area (Å²) in [5.74, 6) is -0.640. The van der Waals surface area contributed by atoms with Crippen LogP contribution in [0.15, 0.2) is 53.6 Å². The van der Waals surface area contributed by atoms with E-state index < -0.39 is 5.54 Å². The fourth-order valence-electron chi connectivity index (χ4n) is 3.52. The van der Waals surface area contributed by atoms with Gasteiger partial charge in [0, 0.05) is 11.6 Å². The molecule has 0 bridgehead atoms. The quantitative estimate of drug-likeness (QED) is 0.680. The molecule has 1 unspecified atom stereocenters. The van der Waals surface area contributed by atoms with E-state index in [-0.39, 0.29) is 23.6 Å². The molecule has 0 fully saturated rings. The standard InChI is InChI=1S/C23H27F2N3O/c1-4-5-6-21-20(16-7-11-18(24)12-8-16)15-28(27-21)22(29)26-23(2,3)17-9-13-19(25)14-10-17/h7-14,20H,4-6,15H2,1-3H3,(H,26,29). The van der Waals surface area contributed by atoms with E-state index in [9.17, 15) is 13.6 Å². The molecule has 0 aromatic heterocycles. The lowest BCUT2D eigenvalue weighted by Crippen LogP contribution is -2.46. The highest BCUT2D eigenvalue weighted by atomic mass is 19.1. The maximum atomic E-state index is 13.3. The Labute approximate surface area is 170 Å². The highest BCUT2D eigenvalue weighted by molar-refractivity contribution is 5.94. The number of nitrogens with zero attached hydrogens (tertiary/aromatic N) is 2. The second kappa shape index (κ2) is 8.72. The number of rotatable bonds is 6. The Hall–Kier alpha value is -2.76. The van der Waals surface area contributed by atoms with Crippen LogP contribution in [0.5, 0.6) is 0 Å². The fraction of sp³-hybridized carbons (Fsp3) is 0.391. The molecule has 4 nitrogen and oxygen atoms in total. The molecule has 1 aliphatic rings. The average Bonchev–Trinajstić information content (AvgIpc) is 3.11. The smallest absolute Gasteiger partial charge is 0.328 e. The number of nitrogens with one attached hydrogen (secondary N) is 1. The van der Waals surface area contributed by atoms with Crippen LogP contribution in [0.2, 0.25) is 0 Å². The van der Waals surface area contributed by atoms with Crippen molar-refractivity contribution in [2.75, 3.05) is 6.54 Å². The minimum Gasteiger partial charge on any atom is -0.328 e. The van der Waals surface area contributed by atoms with Crippen LogP contribution in [0.1, 0.15) is 57.1 Å². The van der Waals surface area contributed by atoms with Gasteiger partial charge in [0.15, 0.2) is 0 Å². The lowest BCUT2D eigenvalue weighted by Gasteiger charge is -2.28. The van der Waals surface area contributed by atoms with Crippen molar-refractivity contribution in [2.45, 2.75) is 51.5 Å². The third-order valence-electron chi connectivity index (χ3n) is 5.29. The number of halogens is 2. The zero-order valence-electron chi connectivity index (χ0n) is 17.1. The summed E-state index contributed by atoms with van der Waals surface area (Å²) in [5.41, 5.74) is 2.01. The van der Waals surface area contributed by atoms with E-state index in [4.69, 9.17) is 0 Å². The molecule has 1 N–H and O–H groups in total. The van der Waals surface area contributed by atoms with E-state index in [0.717, 1.165) is 36.1 Å². The average molecular weight is 399 g/mol. The Morgan fingerprint density at radius 3 is 2.28 bits per heavy atom. The highest BCUT2D eigenvalue weighted by Crippen LogP contribution is 2.29. The molecule has 1 atom stereocenters. The Kier molecular flexibility index (Phi) is 6.30. The van der Waals surface area contributed by atoms with Gasteiger partial charge in [-0.1, -0.05) is 37.6 Å². The van der Waals surface area contributed by atoms with Gasteiger partial charge < -0.3 is 5.32 Å². The summed E-state index contributed by atoms with van der Waals surface area (Å²) >= 11 is 0. The van der Waals surface area contributed by atoms with Crippen molar-refractivity contribution in [2.24, 2.45) is 5.10 Å². The molecule has 1 heterocycles. The van der Waals surface area contributed by atoms with Crippen LogP contribution in [-0.2, 0) is 5.54 Å². The third-order valence-corrected chi connectivity index (χ3v) is 5.29. The molecule has 3 rings (SSSR count). The maximum absolute atomic E-state index is 13.3. The summed E-state index contributed by atoms with van der Waals surface area (Å²) in [6.07, 6.45) is 2.80.